The third kappa shape index (κ3) is 7.02. The fraction of sp³-hybridized carbons (Fsp3) is 0.419. The minimum atomic E-state index is -0.717. The van der Waals surface area contributed by atoms with Crippen LogP contribution in [0.3, 0.4) is 0 Å². The molecule has 302 valence electrons. The summed E-state index contributed by atoms with van der Waals surface area (Å²) in [4.78, 5) is 77.0. The van der Waals surface area contributed by atoms with E-state index in [2.05, 4.69) is 50.9 Å². The highest BCUT2D eigenvalue weighted by Gasteiger charge is 2.39. The zero-order valence-electron chi connectivity index (χ0n) is 33.6. The number of hydrogen-bond acceptors (Lipinski definition) is 9. The number of nitrogens with one attached hydrogen (secondary N) is 4. The molecule has 6 aromatic rings. The highest BCUT2D eigenvalue weighted by molar-refractivity contribution is 6.07. The van der Waals surface area contributed by atoms with Crippen molar-refractivity contribution in [3.8, 4) is 11.3 Å². The second-order valence-corrected chi connectivity index (χ2v) is 16.0. The largest absolute Gasteiger partial charge is 0.453 e. The minimum Gasteiger partial charge on any atom is -0.453 e. The van der Waals surface area contributed by atoms with Crippen LogP contribution in [0, 0.1) is 11.8 Å². The number of carbonyl (C=O) groups is 4. The normalized spacial score (nSPS) is 18.1. The third-order valence-electron chi connectivity index (χ3n) is 11.6. The van der Waals surface area contributed by atoms with Crippen LogP contribution in [0.5, 0.6) is 0 Å². The van der Waals surface area contributed by atoms with E-state index in [9.17, 15) is 19.2 Å². The van der Waals surface area contributed by atoms with E-state index in [1.807, 2.05) is 57.0 Å². The fourth-order valence-electron chi connectivity index (χ4n) is 8.54. The van der Waals surface area contributed by atoms with Gasteiger partial charge in [0.25, 0.3) is 0 Å². The lowest BCUT2D eigenvalue weighted by Gasteiger charge is -2.29. The van der Waals surface area contributed by atoms with Crippen molar-refractivity contribution in [1.29, 1.82) is 0 Å². The lowest BCUT2D eigenvalue weighted by molar-refractivity contribution is -0.136. The van der Waals surface area contributed by atoms with Crippen LogP contribution in [0.15, 0.2) is 54.7 Å². The number of likely N-dealkylation sites (tertiary alicyclic amines) is 2. The topological polar surface area (TPSA) is 188 Å². The van der Waals surface area contributed by atoms with Gasteiger partial charge in [0.05, 0.1) is 42.9 Å². The van der Waals surface area contributed by atoms with Crippen LogP contribution in [-0.4, -0.2) is 98.1 Å². The molecule has 4 atom stereocenters. The molecule has 0 spiro atoms. The molecule has 4 N–H and O–H groups in total. The summed E-state index contributed by atoms with van der Waals surface area (Å²) in [5.41, 5.74) is 5.18. The highest BCUT2D eigenvalue weighted by atomic mass is 16.5. The first-order valence-electron chi connectivity index (χ1n) is 20.0. The monoisotopic (exact) mass is 787 g/mol. The molecule has 0 bridgehead atoms. The number of pyridine rings is 1. The number of hydrogen-bond donors (Lipinski definition) is 4. The number of aromatic amines is 2. The average Bonchev–Trinajstić information content (AvgIpc) is 4.06. The Morgan fingerprint density at radius 3 is 2.00 bits per heavy atom. The second-order valence-electron chi connectivity index (χ2n) is 16.0. The number of nitrogens with zero attached hydrogens (tertiary/aromatic N) is 5. The van der Waals surface area contributed by atoms with Gasteiger partial charge in [-0.15, -0.1) is 0 Å². The smallest absolute Gasteiger partial charge is 0.407 e. The number of H-pyrrole nitrogens is 2. The Labute approximate surface area is 335 Å². The van der Waals surface area contributed by atoms with Gasteiger partial charge in [0, 0.05) is 35.8 Å². The van der Waals surface area contributed by atoms with Crippen LogP contribution in [0.25, 0.3) is 54.9 Å². The molecule has 2 aliphatic heterocycles. The van der Waals surface area contributed by atoms with E-state index in [0.717, 1.165) is 86.4 Å². The summed E-state index contributed by atoms with van der Waals surface area (Å²) in [6.45, 7) is 8.75. The number of alkyl carbamates (subject to hydrolysis) is 2. The number of carbonyl (C=O) groups excluding carboxylic acids is 4. The molecule has 58 heavy (non-hydrogen) atoms. The molecule has 4 amide bonds. The van der Waals surface area contributed by atoms with Gasteiger partial charge in [0.15, 0.2) is 5.82 Å². The molecule has 2 aliphatic rings. The zero-order chi connectivity index (χ0) is 40.8. The molecule has 0 saturated carbocycles. The molecule has 5 heterocycles. The number of ether oxygens (including phenoxy) is 2. The highest BCUT2D eigenvalue weighted by Crippen LogP contribution is 2.37. The van der Waals surface area contributed by atoms with Gasteiger partial charge in [-0.2, -0.15) is 0 Å². The summed E-state index contributed by atoms with van der Waals surface area (Å²) in [6, 6.07) is 14.6. The Balaban J connectivity index is 1.05. The molecular weight excluding hydrogens is 739 g/mol. The Morgan fingerprint density at radius 2 is 1.34 bits per heavy atom. The molecule has 15 heteroatoms. The number of methoxy groups -OCH3 is 2. The average molecular weight is 788 g/mol. The lowest BCUT2D eigenvalue weighted by Crippen LogP contribution is -2.51. The molecule has 8 rings (SSSR count). The number of imidazole rings is 2. The number of rotatable bonds is 9. The molecule has 2 saturated heterocycles. The van der Waals surface area contributed by atoms with Crippen LogP contribution >= 0.6 is 0 Å². The number of fused-ring (bicyclic) bond motifs is 6. The van der Waals surface area contributed by atoms with Crippen LogP contribution in [-0.2, 0) is 19.1 Å². The number of benzene rings is 3. The predicted molar refractivity (Wildman–Crippen MR) is 220 cm³/mol. The minimum absolute atomic E-state index is 0.117. The molecule has 0 radical (unpaired) electrons. The fourth-order valence-corrected chi connectivity index (χ4v) is 8.54. The van der Waals surface area contributed by atoms with E-state index in [0.29, 0.717) is 18.9 Å². The van der Waals surface area contributed by atoms with Crippen molar-refractivity contribution in [1.82, 2.24) is 45.4 Å². The van der Waals surface area contributed by atoms with E-state index in [-0.39, 0.29) is 35.7 Å². The number of amides is 4. The van der Waals surface area contributed by atoms with Gasteiger partial charge in [-0.05, 0) is 78.1 Å². The Bertz CT molecular complexity index is 2390. The first kappa shape index (κ1) is 38.6. The summed E-state index contributed by atoms with van der Waals surface area (Å²) < 4.78 is 9.57. The van der Waals surface area contributed by atoms with Crippen LogP contribution < -0.4 is 10.6 Å². The summed E-state index contributed by atoms with van der Waals surface area (Å²) in [7, 11) is 2.58. The first-order valence-corrected chi connectivity index (χ1v) is 20.0. The molecule has 0 aliphatic carbocycles. The third-order valence-corrected chi connectivity index (χ3v) is 11.6. The van der Waals surface area contributed by atoms with E-state index in [1.165, 1.54) is 14.2 Å². The summed E-state index contributed by atoms with van der Waals surface area (Å²) in [5.74, 6) is 0.777. The van der Waals surface area contributed by atoms with Crippen molar-refractivity contribution in [3.63, 3.8) is 0 Å². The summed E-state index contributed by atoms with van der Waals surface area (Å²) in [5, 5.41) is 9.36. The van der Waals surface area contributed by atoms with Crippen molar-refractivity contribution in [2.75, 3.05) is 27.3 Å². The molecule has 3 aromatic heterocycles. The lowest BCUT2D eigenvalue weighted by atomic mass is 10.0. The van der Waals surface area contributed by atoms with Gasteiger partial charge in [-0.25, -0.2) is 24.5 Å². The van der Waals surface area contributed by atoms with Crippen LogP contribution in [0.1, 0.15) is 77.1 Å². The molecule has 0 unspecified atom stereocenters. The van der Waals surface area contributed by atoms with E-state index < -0.39 is 24.3 Å². The van der Waals surface area contributed by atoms with E-state index in [4.69, 9.17) is 24.4 Å². The van der Waals surface area contributed by atoms with Crippen molar-refractivity contribution >= 4 is 67.6 Å². The van der Waals surface area contributed by atoms with Crippen LogP contribution in [0.4, 0.5) is 9.59 Å². The summed E-state index contributed by atoms with van der Waals surface area (Å²) >= 11 is 0. The van der Waals surface area contributed by atoms with Gasteiger partial charge in [0.1, 0.15) is 23.4 Å². The van der Waals surface area contributed by atoms with E-state index in [1.54, 1.807) is 4.90 Å². The Hall–Kier alpha value is -6.25. The zero-order valence-corrected chi connectivity index (χ0v) is 33.6. The van der Waals surface area contributed by atoms with Gasteiger partial charge in [-0.1, -0.05) is 52.0 Å². The van der Waals surface area contributed by atoms with Gasteiger partial charge < -0.3 is 39.9 Å². The quantitative estimate of drug-likeness (QED) is 0.121. The van der Waals surface area contributed by atoms with Crippen LogP contribution in [0.2, 0.25) is 0 Å². The van der Waals surface area contributed by atoms with Gasteiger partial charge in [-0.3, -0.25) is 9.59 Å². The molecule has 3 aromatic carbocycles. The molecule has 2 fully saturated rings. The summed E-state index contributed by atoms with van der Waals surface area (Å²) in [6.07, 6.45) is 3.86. The maximum atomic E-state index is 13.7. The van der Waals surface area contributed by atoms with Gasteiger partial charge >= 0.3 is 12.2 Å². The van der Waals surface area contributed by atoms with Crippen molar-refractivity contribution in [2.24, 2.45) is 11.8 Å². The molecular formula is C43H49N9O6. The van der Waals surface area contributed by atoms with E-state index >= 15 is 0 Å². The molecule has 15 nitrogen and oxygen atoms in total. The Morgan fingerprint density at radius 1 is 0.724 bits per heavy atom. The maximum absolute atomic E-state index is 13.7. The number of aromatic nitrogens is 5. The van der Waals surface area contributed by atoms with Crippen molar-refractivity contribution in [2.45, 2.75) is 77.5 Å². The first-order chi connectivity index (χ1) is 27.9. The standard InChI is InChI=1S/C43H49N9O6/c1-22(2)34(49-42(55)57-5)40(53)51-17-7-9-32(51)38-45-29-15-12-24-19-26(11-14-27(24)36(29)47-38)31-20-25-13-16-30-37(28(25)21-44-31)48-39(46-30)33-10-8-18-52(33)41(54)35(23(3)4)50-43(56)58-6/h11-16,19-23,32-35,44H,7-10,17-18H2,1-6H3,(H,45,47)(H,49,55)(H,50,56)/t32-,33-,34-,35-/m0/s1. The second kappa shape index (κ2) is 15.6. The van der Waals surface area contributed by atoms with Crippen molar-refractivity contribution < 1.29 is 28.7 Å². The SMILES string of the molecule is COC(=O)N[C@H](C(=O)N1CCC[C@H]1c1nc2ccc3cc(-c4ccc5c(ccc6[nH]c([C@@H]7CCCN7C(=O)[C@@H](NC(=O)OC)C(C)C)nc65)c4)[nH]cc3c2n1)C(C)C. The Kier molecular flexibility index (Phi) is 10.4. The maximum Gasteiger partial charge on any atom is 0.407 e. The van der Waals surface area contributed by atoms with Crippen molar-refractivity contribution in [3.05, 3.63) is 66.4 Å². The predicted octanol–water partition coefficient (Wildman–Crippen LogP) is 6.90. The van der Waals surface area contributed by atoms with Gasteiger partial charge in [0.2, 0.25) is 11.8 Å².